The van der Waals surface area contributed by atoms with Crippen molar-refractivity contribution in [1.29, 1.82) is 0 Å². The van der Waals surface area contributed by atoms with Crippen LogP contribution in [-0.2, 0) is 6.54 Å². The van der Waals surface area contributed by atoms with Crippen LogP contribution < -0.4 is 0 Å². The zero-order valence-electron chi connectivity index (χ0n) is 14.0. The Labute approximate surface area is 144 Å². The highest BCUT2D eigenvalue weighted by molar-refractivity contribution is 5.71. The molecule has 0 radical (unpaired) electrons. The summed E-state index contributed by atoms with van der Waals surface area (Å²) in [4.78, 5) is 17.6. The lowest BCUT2D eigenvalue weighted by atomic mass is 10.3. The summed E-state index contributed by atoms with van der Waals surface area (Å²) in [6, 6.07) is 6.96. The molecule has 6 nitrogen and oxygen atoms in total. The molecule has 0 aliphatic rings. The van der Waals surface area contributed by atoms with E-state index in [4.69, 9.17) is 4.98 Å². The molecule has 0 aromatic carbocycles. The van der Waals surface area contributed by atoms with Crippen LogP contribution in [0.1, 0.15) is 25.7 Å². The lowest BCUT2D eigenvalue weighted by Gasteiger charge is -2.14. The van der Waals surface area contributed by atoms with E-state index >= 15 is 0 Å². The van der Waals surface area contributed by atoms with Crippen LogP contribution in [0.5, 0.6) is 0 Å². The highest BCUT2D eigenvalue weighted by atomic mass is 19.1. The Hall–Kier alpha value is -3.09. The van der Waals surface area contributed by atoms with E-state index < -0.39 is 5.82 Å². The van der Waals surface area contributed by atoms with E-state index in [1.54, 1.807) is 30.9 Å². The third kappa shape index (κ3) is 2.67. The number of halogens is 1. The topological polar surface area (TPSA) is 61.4 Å². The van der Waals surface area contributed by atoms with Gasteiger partial charge in [0.15, 0.2) is 17.3 Å². The van der Waals surface area contributed by atoms with Crippen molar-refractivity contribution in [1.82, 2.24) is 29.1 Å². The van der Waals surface area contributed by atoms with Gasteiger partial charge in [0.05, 0.1) is 6.54 Å². The first-order valence-corrected chi connectivity index (χ1v) is 8.09. The summed E-state index contributed by atoms with van der Waals surface area (Å²) in [5, 5.41) is 0. The molecule has 0 aliphatic carbocycles. The van der Waals surface area contributed by atoms with Gasteiger partial charge in [-0.1, -0.05) is 0 Å². The van der Waals surface area contributed by atoms with Gasteiger partial charge in [0.2, 0.25) is 0 Å². The zero-order chi connectivity index (χ0) is 17.4. The molecule has 0 bridgehead atoms. The molecule has 4 heterocycles. The first-order valence-electron chi connectivity index (χ1n) is 8.09. The Morgan fingerprint density at radius 3 is 2.64 bits per heavy atom. The molecule has 0 N–H and O–H groups in total. The molecular formula is C18H17FN6. The quantitative estimate of drug-likeness (QED) is 0.572. The van der Waals surface area contributed by atoms with Gasteiger partial charge in [0.1, 0.15) is 17.0 Å². The van der Waals surface area contributed by atoms with Gasteiger partial charge in [-0.15, -0.1) is 0 Å². The molecule has 25 heavy (non-hydrogen) atoms. The maximum atomic E-state index is 14.1. The Bertz CT molecular complexity index is 1030. The standard InChI is InChI=1S/C18H17FN6/c1-12(2)25-15(23-14-6-4-8-21-17(14)25)11-24-10-9-22-18(24)16-13(19)5-3-7-20-16/h3-10,12H,11H2,1-2H3. The molecule has 126 valence electrons. The number of fused-ring (bicyclic) bond motifs is 1. The summed E-state index contributed by atoms with van der Waals surface area (Å²) in [7, 11) is 0. The Balaban J connectivity index is 1.80. The van der Waals surface area contributed by atoms with Gasteiger partial charge in [-0.25, -0.2) is 24.3 Å². The number of hydrogen-bond donors (Lipinski definition) is 0. The van der Waals surface area contributed by atoms with Gasteiger partial charge < -0.3 is 9.13 Å². The molecule has 0 unspecified atom stereocenters. The molecule has 4 aromatic heterocycles. The van der Waals surface area contributed by atoms with E-state index in [9.17, 15) is 4.39 Å². The average molecular weight is 336 g/mol. The number of nitrogens with zero attached hydrogens (tertiary/aromatic N) is 6. The first-order chi connectivity index (χ1) is 12.1. The summed E-state index contributed by atoms with van der Waals surface area (Å²) in [5.74, 6) is 0.932. The van der Waals surface area contributed by atoms with Crippen molar-refractivity contribution in [2.45, 2.75) is 26.4 Å². The number of imidazole rings is 2. The van der Waals surface area contributed by atoms with E-state index in [2.05, 4.69) is 33.4 Å². The fourth-order valence-corrected chi connectivity index (χ4v) is 2.99. The molecule has 0 fully saturated rings. The molecule has 0 saturated heterocycles. The van der Waals surface area contributed by atoms with E-state index in [1.165, 1.54) is 6.07 Å². The highest BCUT2D eigenvalue weighted by Crippen LogP contribution is 2.23. The second-order valence-electron chi connectivity index (χ2n) is 6.05. The number of pyridine rings is 2. The van der Waals surface area contributed by atoms with Crippen LogP contribution >= 0.6 is 0 Å². The lowest BCUT2D eigenvalue weighted by Crippen LogP contribution is -2.12. The first kappa shape index (κ1) is 15.4. The van der Waals surface area contributed by atoms with Crippen LogP contribution in [0.4, 0.5) is 4.39 Å². The third-order valence-electron chi connectivity index (χ3n) is 4.04. The van der Waals surface area contributed by atoms with Crippen molar-refractivity contribution in [3.63, 3.8) is 0 Å². The molecule has 0 spiro atoms. The minimum Gasteiger partial charge on any atom is -0.322 e. The minimum atomic E-state index is -0.394. The largest absolute Gasteiger partial charge is 0.322 e. The number of rotatable bonds is 4. The number of aromatic nitrogens is 6. The lowest BCUT2D eigenvalue weighted by molar-refractivity contribution is 0.564. The van der Waals surface area contributed by atoms with Crippen LogP contribution in [0.3, 0.4) is 0 Å². The summed E-state index contributed by atoms with van der Waals surface area (Å²) in [6.45, 7) is 4.64. The van der Waals surface area contributed by atoms with Crippen LogP contribution in [0.2, 0.25) is 0 Å². The molecule has 4 rings (SSSR count). The molecule has 0 amide bonds. The van der Waals surface area contributed by atoms with Crippen molar-refractivity contribution in [3.05, 3.63) is 60.7 Å². The molecular weight excluding hydrogens is 319 g/mol. The van der Waals surface area contributed by atoms with Crippen LogP contribution in [0.25, 0.3) is 22.7 Å². The number of hydrogen-bond acceptors (Lipinski definition) is 4. The van der Waals surface area contributed by atoms with Gasteiger partial charge in [-0.05, 0) is 38.1 Å². The summed E-state index contributed by atoms with van der Waals surface area (Å²) in [5.41, 5.74) is 1.92. The zero-order valence-corrected chi connectivity index (χ0v) is 14.0. The van der Waals surface area contributed by atoms with Crippen LogP contribution in [-0.4, -0.2) is 29.1 Å². The van der Waals surface area contributed by atoms with E-state index in [1.807, 2.05) is 16.7 Å². The van der Waals surface area contributed by atoms with Crippen molar-refractivity contribution in [2.24, 2.45) is 0 Å². The molecule has 0 aliphatic heterocycles. The third-order valence-corrected chi connectivity index (χ3v) is 4.04. The van der Waals surface area contributed by atoms with Gasteiger partial charge in [-0.2, -0.15) is 0 Å². The van der Waals surface area contributed by atoms with E-state index in [0.717, 1.165) is 17.0 Å². The van der Waals surface area contributed by atoms with Crippen molar-refractivity contribution < 1.29 is 4.39 Å². The maximum absolute atomic E-state index is 14.1. The Morgan fingerprint density at radius 1 is 1.04 bits per heavy atom. The van der Waals surface area contributed by atoms with Gasteiger partial charge >= 0.3 is 0 Å². The monoisotopic (exact) mass is 336 g/mol. The smallest absolute Gasteiger partial charge is 0.162 e. The normalized spacial score (nSPS) is 11.5. The SMILES string of the molecule is CC(C)n1c(Cn2ccnc2-c2ncccc2F)nc2cccnc21. The van der Waals surface area contributed by atoms with Gasteiger partial charge in [-0.3, -0.25) is 0 Å². The molecule has 4 aromatic rings. The highest BCUT2D eigenvalue weighted by Gasteiger charge is 2.17. The fraction of sp³-hybridized carbons (Fsp3) is 0.222. The van der Waals surface area contributed by atoms with E-state index in [0.29, 0.717) is 12.4 Å². The van der Waals surface area contributed by atoms with Crippen molar-refractivity contribution >= 4 is 11.2 Å². The molecule has 7 heteroatoms. The van der Waals surface area contributed by atoms with Crippen LogP contribution in [0, 0.1) is 5.82 Å². The molecule has 0 saturated carbocycles. The van der Waals surface area contributed by atoms with E-state index in [-0.39, 0.29) is 11.7 Å². The summed E-state index contributed by atoms with van der Waals surface area (Å²) in [6.07, 6.45) is 6.77. The Kier molecular flexibility index (Phi) is 3.76. The van der Waals surface area contributed by atoms with Gasteiger partial charge in [0.25, 0.3) is 0 Å². The Morgan fingerprint density at radius 2 is 1.84 bits per heavy atom. The van der Waals surface area contributed by atoms with Gasteiger partial charge in [0, 0.05) is 30.8 Å². The minimum absolute atomic E-state index is 0.202. The maximum Gasteiger partial charge on any atom is 0.162 e. The average Bonchev–Trinajstić information content (AvgIpc) is 3.19. The second-order valence-corrected chi connectivity index (χ2v) is 6.05. The van der Waals surface area contributed by atoms with Crippen LogP contribution in [0.15, 0.2) is 49.1 Å². The fourth-order valence-electron chi connectivity index (χ4n) is 2.99. The second kappa shape index (κ2) is 6.08. The summed E-state index contributed by atoms with van der Waals surface area (Å²) >= 11 is 0. The predicted octanol–water partition coefficient (Wildman–Crippen LogP) is 3.46. The summed E-state index contributed by atoms with van der Waals surface area (Å²) < 4.78 is 18.0. The van der Waals surface area contributed by atoms with Crippen molar-refractivity contribution in [2.75, 3.05) is 0 Å². The molecule has 0 atom stereocenters. The predicted molar refractivity (Wildman–Crippen MR) is 92.4 cm³/mol. The van der Waals surface area contributed by atoms with Crippen molar-refractivity contribution in [3.8, 4) is 11.5 Å².